The maximum Gasteiger partial charge on any atom is 0.338 e. The monoisotopic (exact) mass is 375 g/mol. The molecule has 0 radical (unpaired) electrons. The Balaban J connectivity index is 2.27. The first-order chi connectivity index (χ1) is 13.1. The Labute approximate surface area is 156 Å². The van der Waals surface area contributed by atoms with Crippen LogP contribution in [0.3, 0.4) is 0 Å². The predicted molar refractivity (Wildman–Crippen MR) is 95.0 cm³/mol. The first kappa shape index (κ1) is 18.5. The first-order valence-corrected chi connectivity index (χ1v) is 8.25. The number of nitrogens with one attached hydrogen (secondary N) is 1. The number of rotatable bonds is 6. The molecular formula is C17H21N5O5. The summed E-state index contributed by atoms with van der Waals surface area (Å²) in [6.45, 7) is 1.93. The second-order valence-electron chi connectivity index (χ2n) is 5.67. The number of carbonyl (C=O) groups excluding carboxylic acids is 1. The fraction of sp³-hybridized carbons (Fsp3) is 0.412. The summed E-state index contributed by atoms with van der Waals surface area (Å²) in [5.41, 5.74) is 1.78. The lowest BCUT2D eigenvalue weighted by Gasteiger charge is -2.28. The molecule has 0 aliphatic carbocycles. The summed E-state index contributed by atoms with van der Waals surface area (Å²) in [4.78, 5) is 12.6. The highest BCUT2D eigenvalue weighted by molar-refractivity contribution is 5.92. The molecule has 144 valence electrons. The number of tetrazole rings is 1. The Morgan fingerprint density at radius 2 is 1.81 bits per heavy atom. The molecule has 1 aromatic heterocycles. The van der Waals surface area contributed by atoms with Gasteiger partial charge in [0, 0.05) is 5.70 Å². The molecule has 0 spiro atoms. The maximum absolute atomic E-state index is 12.6. The summed E-state index contributed by atoms with van der Waals surface area (Å²) < 4.78 is 22.8. The molecule has 10 nitrogen and oxygen atoms in total. The molecule has 2 aromatic rings. The van der Waals surface area contributed by atoms with Crippen molar-refractivity contribution in [2.75, 3.05) is 33.8 Å². The normalized spacial score (nSPS) is 15.7. The van der Waals surface area contributed by atoms with E-state index in [1.807, 2.05) is 6.92 Å². The Hall–Kier alpha value is -3.30. The van der Waals surface area contributed by atoms with Crippen molar-refractivity contribution in [2.45, 2.75) is 19.4 Å². The molecular weight excluding hydrogens is 354 g/mol. The van der Waals surface area contributed by atoms with E-state index in [-0.39, 0.29) is 0 Å². The van der Waals surface area contributed by atoms with E-state index >= 15 is 0 Å². The van der Waals surface area contributed by atoms with Gasteiger partial charge < -0.3 is 24.3 Å². The summed E-state index contributed by atoms with van der Waals surface area (Å²) in [5.74, 6) is 1.33. The highest BCUT2D eigenvalue weighted by atomic mass is 16.5. The van der Waals surface area contributed by atoms with Gasteiger partial charge in [0.1, 0.15) is 6.04 Å². The van der Waals surface area contributed by atoms with E-state index in [1.165, 1.54) is 33.1 Å². The molecule has 27 heavy (non-hydrogen) atoms. The number of allylic oxidation sites excluding steroid dienone is 1. The summed E-state index contributed by atoms with van der Waals surface area (Å²) in [6, 6.07) is 2.91. The number of nitrogens with zero attached hydrogens (tertiary/aromatic N) is 4. The molecule has 1 aliphatic rings. The summed E-state index contributed by atoms with van der Waals surface area (Å²) in [6.07, 6.45) is 0.568. The van der Waals surface area contributed by atoms with Gasteiger partial charge in [-0.15, -0.1) is 0 Å². The lowest BCUT2D eigenvalue weighted by molar-refractivity contribution is -0.136. The molecule has 10 heteroatoms. The van der Waals surface area contributed by atoms with E-state index in [0.29, 0.717) is 46.5 Å². The Bertz CT molecular complexity index is 867. The van der Waals surface area contributed by atoms with Crippen molar-refractivity contribution in [3.05, 3.63) is 29.0 Å². The number of benzene rings is 1. The Morgan fingerprint density at radius 1 is 1.15 bits per heavy atom. The Morgan fingerprint density at radius 3 is 2.33 bits per heavy atom. The fourth-order valence-corrected chi connectivity index (χ4v) is 3.13. The number of ether oxygens (including phenoxy) is 4. The molecule has 0 bridgehead atoms. The number of fused-ring (bicyclic) bond motifs is 1. The van der Waals surface area contributed by atoms with E-state index in [9.17, 15) is 4.79 Å². The summed E-state index contributed by atoms with van der Waals surface area (Å²) in [7, 11) is 5.92. The summed E-state index contributed by atoms with van der Waals surface area (Å²) >= 11 is 0. The van der Waals surface area contributed by atoms with Gasteiger partial charge in [-0.25, -0.2) is 4.79 Å². The topological polar surface area (TPSA) is 110 Å². The number of carbonyl (C=O) groups is 1. The zero-order valence-electron chi connectivity index (χ0n) is 15.8. The molecule has 0 saturated carbocycles. The van der Waals surface area contributed by atoms with E-state index < -0.39 is 12.0 Å². The van der Waals surface area contributed by atoms with Crippen molar-refractivity contribution < 1.29 is 23.7 Å². The molecule has 0 fully saturated rings. The standard InChI is InChI=1S/C17H21N5O5/c1-6-10-13(16(23)27-5)14(22-17(18-10)19-20-21-22)9-7-11(24-2)15(26-4)12(8-9)25-3/h7-8,14H,6H2,1-5H3,(H,18,19,21). The van der Waals surface area contributed by atoms with Crippen LogP contribution in [0.1, 0.15) is 24.9 Å². The predicted octanol–water partition coefficient (Wildman–Crippen LogP) is 1.55. The zero-order chi connectivity index (χ0) is 19.6. The van der Waals surface area contributed by atoms with Gasteiger partial charge in [-0.2, -0.15) is 4.68 Å². The lowest BCUT2D eigenvalue weighted by Crippen LogP contribution is -2.30. The number of anilines is 1. The summed E-state index contributed by atoms with van der Waals surface area (Å²) in [5, 5.41) is 14.8. The van der Waals surface area contributed by atoms with Crippen LogP contribution in [-0.2, 0) is 9.53 Å². The van der Waals surface area contributed by atoms with E-state index in [0.717, 1.165) is 0 Å². The second kappa shape index (κ2) is 7.52. The average molecular weight is 375 g/mol. The minimum Gasteiger partial charge on any atom is -0.493 e. The van der Waals surface area contributed by atoms with Crippen LogP contribution >= 0.6 is 0 Å². The SMILES string of the molecule is CCC1=C(C(=O)OC)C(c2cc(OC)c(OC)c(OC)c2)n2nnnc2N1. The van der Waals surface area contributed by atoms with E-state index in [2.05, 4.69) is 20.8 Å². The minimum atomic E-state index is -0.618. The molecule has 0 saturated heterocycles. The van der Waals surface area contributed by atoms with Gasteiger partial charge in [0.2, 0.25) is 11.7 Å². The highest BCUT2D eigenvalue weighted by Gasteiger charge is 2.36. The van der Waals surface area contributed by atoms with E-state index in [4.69, 9.17) is 18.9 Å². The van der Waals surface area contributed by atoms with Crippen LogP contribution in [0.15, 0.2) is 23.4 Å². The van der Waals surface area contributed by atoms with Crippen molar-refractivity contribution in [2.24, 2.45) is 0 Å². The third-order valence-corrected chi connectivity index (χ3v) is 4.36. The number of esters is 1. The van der Waals surface area contributed by atoms with Crippen molar-refractivity contribution in [3.63, 3.8) is 0 Å². The molecule has 1 aliphatic heterocycles. The van der Waals surface area contributed by atoms with Crippen LogP contribution in [0.2, 0.25) is 0 Å². The van der Waals surface area contributed by atoms with Crippen molar-refractivity contribution in [1.29, 1.82) is 0 Å². The second-order valence-corrected chi connectivity index (χ2v) is 5.67. The van der Waals surface area contributed by atoms with Crippen LogP contribution in [0.4, 0.5) is 5.95 Å². The number of methoxy groups -OCH3 is 4. The molecule has 1 atom stereocenters. The number of aromatic nitrogens is 4. The average Bonchev–Trinajstić information content (AvgIpc) is 3.18. The van der Waals surface area contributed by atoms with Gasteiger partial charge in [0.25, 0.3) is 0 Å². The van der Waals surface area contributed by atoms with Gasteiger partial charge in [-0.3, -0.25) is 0 Å². The molecule has 0 amide bonds. The van der Waals surface area contributed by atoms with Gasteiger partial charge >= 0.3 is 5.97 Å². The Kier molecular flexibility index (Phi) is 5.15. The van der Waals surface area contributed by atoms with Gasteiger partial charge in [-0.1, -0.05) is 12.0 Å². The molecule has 2 heterocycles. The van der Waals surface area contributed by atoms with Crippen molar-refractivity contribution in [3.8, 4) is 17.2 Å². The third kappa shape index (κ3) is 3.03. The van der Waals surface area contributed by atoms with Gasteiger partial charge in [-0.05, 0) is 34.5 Å². The van der Waals surface area contributed by atoms with Gasteiger partial charge in [0.15, 0.2) is 11.5 Å². The maximum atomic E-state index is 12.6. The lowest BCUT2D eigenvalue weighted by atomic mass is 9.94. The van der Waals surface area contributed by atoms with Crippen LogP contribution in [0, 0.1) is 0 Å². The van der Waals surface area contributed by atoms with Crippen LogP contribution in [0.25, 0.3) is 0 Å². The van der Waals surface area contributed by atoms with Crippen molar-refractivity contribution in [1.82, 2.24) is 20.2 Å². The fourth-order valence-electron chi connectivity index (χ4n) is 3.13. The molecule has 1 unspecified atom stereocenters. The number of hydrogen-bond donors (Lipinski definition) is 1. The van der Waals surface area contributed by atoms with Crippen LogP contribution in [0.5, 0.6) is 17.2 Å². The van der Waals surface area contributed by atoms with Gasteiger partial charge in [0.05, 0.1) is 34.0 Å². The highest BCUT2D eigenvalue weighted by Crippen LogP contribution is 2.43. The molecule has 3 rings (SSSR count). The molecule has 1 aromatic carbocycles. The van der Waals surface area contributed by atoms with Crippen molar-refractivity contribution >= 4 is 11.9 Å². The first-order valence-electron chi connectivity index (χ1n) is 8.25. The minimum absolute atomic E-state index is 0.411. The number of hydrogen-bond acceptors (Lipinski definition) is 9. The largest absolute Gasteiger partial charge is 0.493 e. The van der Waals surface area contributed by atoms with E-state index in [1.54, 1.807) is 12.1 Å². The smallest absolute Gasteiger partial charge is 0.338 e. The third-order valence-electron chi connectivity index (χ3n) is 4.36. The van der Waals surface area contributed by atoms with Crippen LogP contribution < -0.4 is 19.5 Å². The van der Waals surface area contributed by atoms with Crippen LogP contribution in [-0.4, -0.2) is 54.6 Å². The zero-order valence-corrected chi connectivity index (χ0v) is 15.8. The quantitative estimate of drug-likeness (QED) is 0.752. The molecule has 1 N–H and O–H groups in total.